The van der Waals surface area contributed by atoms with E-state index in [4.69, 9.17) is 23.2 Å². The van der Waals surface area contributed by atoms with Crippen molar-refractivity contribution >= 4 is 33.2 Å². The van der Waals surface area contributed by atoms with Crippen LogP contribution in [0.3, 0.4) is 0 Å². The average molecular weight is 323 g/mol. The van der Waals surface area contributed by atoms with Crippen molar-refractivity contribution in [1.82, 2.24) is 9.62 Å². The van der Waals surface area contributed by atoms with Crippen molar-refractivity contribution in [3.8, 4) is 0 Å². The summed E-state index contributed by atoms with van der Waals surface area (Å²) in [7, 11) is -3.59. The van der Waals surface area contributed by atoms with Gasteiger partial charge < -0.3 is 5.32 Å². The molecule has 1 aliphatic rings. The second-order valence-electron chi connectivity index (χ2n) is 4.67. The Hall–Kier alpha value is -0.330. The molecule has 4 nitrogen and oxygen atoms in total. The third-order valence-electron chi connectivity index (χ3n) is 3.46. The summed E-state index contributed by atoms with van der Waals surface area (Å²) < 4.78 is 26.8. The first-order valence-corrected chi connectivity index (χ1v) is 8.24. The Morgan fingerprint density at radius 2 is 2.00 bits per heavy atom. The van der Waals surface area contributed by atoms with Crippen molar-refractivity contribution in [2.45, 2.75) is 30.8 Å². The molecule has 0 aliphatic carbocycles. The average Bonchev–Trinajstić information content (AvgIpc) is 2.31. The summed E-state index contributed by atoms with van der Waals surface area (Å²) in [6.07, 6.45) is 0. The molecule has 2 unspecified atom stereocenters. The van der Waals surface area contributed by atoms with E-state index in [-0.39, 0.29) is 22.0 Å². The highest BCUT2D eigenvalue weighted by atomic mass is 35.5. The van der Waals surface area contributed by atoms with Crippen molar-refractivity contribution in [1.29, 1.82) is 0 Å². The molecule has 7 heteroatoms. The van der Waals surface area contributed by atoms with E-state index in [1.165, 1.54) is 22.5 Å². The Morgan fingerprint density at radius 1 is 1.32 bits per heavy atom. The molecule has 1 heterocycles. The first-order valence-electron chi connectivity index (χ1n) is 6.04. The Balaban J connectivity index is 2.41. The van der Waals surface area contributed by atoms with E-state index >= 15 is 0 Å². The van der Waals surface area contributed by atoms with Gasteiger partial charge in [0.1, 0.15) is 4.90 Å². The summed E-state index contributed by atoms with van der Waals surface area (Å²) in [5.41, 5.74) is 0. The van der Waals surface area contributed by atoms with Crippen LogP contribution in [0.1, 0.15) is 13.8 Å². The Labute approximate surface area is 123 Å². The van der Waals surface area contributed by atoms with E-state index in [1.807, 2.05) is 13.8 Å². The lowest BCUT2D eigenvalue weighted by molar-refractivity contribution is 0.233. The quantitative estimate of drug-likeness (QED) is 0.909. The minimum Gasteiger partial charge on any atom is -0.311 e. The summed E-state index contributed by atoms with van der Waals surface area (Å²) in [5.74, 6) is 0. The lowest BCUT2D eigenvalue weighted by Gasteiger charge is -2.37. The fraction of sp³-hybridized carbons (Fsp3) is 0.500. The number of nitrogens with zero attached hydrogens (tertiary/aromatic N) is 1. The van der Waals surface area contributed by atoms with E-state index in [0.717, 1.165) is 0 Å². The fourth-order valence-electron chi connectivity index (χ4n) is 2.18. The van der Waals surface area contributed by atoms with Crippen LogP contribution in [0.2, 0.25) is 10.0 Å². The van der Waals surface area contributed by atoms with Gasteiger partial charge in [-0.1, -0.05) is 23.2 Å². The van der Waals surface area contributed by atoms with Gasteiger partial charge in [-0.3, -0.25) is 0 Å². The van der Waals surface area contributed by atoms with Crippen LogP contribution in [-0.4, -0.2) is 37.9 Å². The highest BCUT2D eigenvalue weighted by Gasteiger charge is 2.35. The van der Waals surface area contributed by atoms with Crippen molar-refractivity contribution in [3.63, 3.8) is 0 Å². The normalized spacial score (nSPS) is 25.5. The maximum absolute atomic E-state index is 12.6. The van der Waals surface area contributed by atoms with Gasteiger partial charge >= 0.3 is 0 Å². The van der Waals surface area contributed by atoms with Crippen LogP contribution < -0.4 is 5.32 Å². The number of benzene rings is 1. The Kier molecular flexibility index (Phi) is 4.42. The first-order chi connectivity index (χ1) is 8.84. The molecular weight excluding hydrogens is 307 g/mol. The largest absolute Gasteiger partial charge is 0.311 e. The summed E-state index contributed by atoms with van der Waals surface area (Å²) >= 11 is 11.8. The number of hydrogen-bond donors (Lipinski definition) is 1. The summed E-state index contributed by atoms with van der Waals surface area (Å²) in [6, 6.07) is 4.43. The van der Waals surface area contributed by atoms with Crippen molar-refractivity contribution in [3.05, 3.63) is 28.2 Å². The maximum atomic E-state index is 12.6. The van der Waals surface area contributed by atoms with Gasteiger partial charge in [-0.15, -0.1) is 0 Å². The van der Waals surface area contributed by atoms with Crippen LogP contribution in [0.15, 0.2) is 23.1 Å². The predicted molar refractivity (Wildman–Crippen MR) is 77.3 cm³/mol. The van der Waals surface area contributed by atoms with Crippen LogP contribution in [0.5, 0.6) is 0 Å². The van der Waals surface area contributed by atoms with E-state index in [1.54, 1.807) is 0 Å². The van der Waals surface area contributed by atoms with Gasteiger partial charge in [0.2, 0.25) is 10.0 Å². The molecule has 2 rings (SSSR count). The zero-order valence-corrected chi connectivity index (χ0v) is 13.1. The highest BCUT2D eigenvalue weighted by molar-refractivity contribution is 7.89. The predicted octanol–water partition coefficient (Wildman–Crippen LogP) is 2.36. The summed E-state index contributed by atoms with van der Waals surface area (Å²) in [6.45, 7) is 4.93. The lowest BCUT2D eigenvalue weighted by Crippen LogP contribution is -2.57. The Bertz CT molecular complexity index is 577. The lowest BCUT2D eigenvalue weighted by atomic mass is 10.1. The maximum Gasteiger partial charge on any atom is 0.244 e. The molecule has 0 amide bonds. The van der Waals surface area contributed by atoms with Crippen molar-refractivity contribution < 1.29 is 8.42 Å². The Morgan fingerprint density at radius 3 is 2.63 bits per heavy atom. The van der Waals surface area contributed by atoms with Gasteiger partial charge in [0, 0.05) is 30.2 Å². The third-order valence-corrected chi connectivity index (χ3v) is 6.16. The number of sulfonamides is 1. The number of rotatable bonds is 2. The summed E-state index contributed by atoms with van der Waals surface area (Å²) in [5, 5.41) is 3.83. The van der Waals surface area contributed by atoms with E-state index in [0.29, 0.717) is 18.1 Å². The first kappa shape index (κ1) is 15.1. The highest BCUT2D eigenvalue weighted by Crippen LogP contribution is 2.29. The minimum absolute atomic E-state index is 0.106. The molecule has 1 aromatic rings. The van der Waals surface area contributed by atoms with Gasteiger partial charge in [-0.05, 0) is 32.0 Å². The molecule has 106 valence electrons. The molecule has 0 bridgehead atoms. The zero-order chi connectivity index (χ0) is 14.2. The monoisotopic (exact) mass is 322 g/mol. The molecule has 1 saturated heterocycles. The van der Waals surface area contributed by atoms with Crippen LogP contribution in [0, 0.1) is 0 Å². The topological polar surface area (TPSA) is 49.4 Å². The smallest absolute Gasteiger partial charge is 0.244 e. The molecule has 0 aromatic heterocycles. The number of hydrogen-bond acceptors (Lipinski definition) is 3. The van der Waals surface area contributed by atoms with Crippen LogP contribution >= 0.6 is 23.2 Å². The van der Waals surface area contributed by atoms with Gasteiger partial charge in [0.15, 0.2) is 0 Å². The van der Waals surface area contributed by atoms with E-state index in [2.05, 4.69) is 5.32 Å². The molecule has 2 atom stereocenters. The number of halogens is 2. The van der Waals surface area contributed by atoms with Gasteiger partial charge in [0.25, 0.3) is 0 Å². The van der Waals surface area contributed by atoms with Crippen molar-refractivity contribution in [2.24, 2.45) is 0 Å². The molecular formula is C12H16Cl2N2O2S. The molecule has 1 fully saturated rings. The SMILES string of the molecule is CC1NCCN(S(=O)(=O)c2ccc(Cl)cc2Cl)C1C. The van der Waals surface area contributed by atoms with E-state index in [9.17, 15) is 8.42 Å². The fourth-order valence-corrected chi connectivity index (χ4v) is 4.63. The molecule has 0 spiro atoms. The third kappa shape index (κ3) is 2.90. The molecule has 1 aromatic carbocycles. The second-order valence-corrected chi connectivity index (χ2v) is 7.38. The van der Waals surface area contributed by atoms with E-state index < -0.39 is 10.0 Å². The molecule has 1 N–H and O–H groups in total. The van der Waals surface area contributed by atoms with Gasteiger partial charge in [-0.25, -0.2) is 8.42 Å². The van der Waals surface area contributed by atoms with Crippen LogP contribution in [0.25, 0.3) is 0 Å². The summed E-state index contributed by atoms with van der Waals surface area (Å²) in [4.78, 5) is 0.111. The van der Waals surface area contributed by atoms with Gasteiger partial charge in [-0.2, -0.15) is 4.31 Å². The van der Waals surface area contributed by atoms with Crippen molar-refractivity contribution in [2.75, 3.05) is 13.1 Å². The van der Waals surface area contributed by atoms with Gasteiger partial charge in [0.05, 0.1) is 5.02 Å². The van der Waals surface area contributed by atoms with Crippen LogP contribution in [0.4, 0.5) is 0 Å². The molecule has 1 aliphatic heterocycles. The number of piperazine rings is 1. The molecule has 19 heavy (non-hydrogen) atoms. The molecule has 0 saturated carbocycles. The molecule has 0 radical (unpaired) electrons. The zero-order valence-electron chi connectivity index (χ0n) is 10.7. The second kappa shape index (κ2) is 5.58. The van der Waals surface area contributed by atoms with Crippen LogP contribution in [-0.2, 0) is 10.0 Å². The minimum atomic E-state index is -3.59. The standard InChI is InChI=1S/C12H16Cl2N2O2S/c1-8-9(2)16(6-5-15-8)19(17,18)12-4-3-10(13)7-11(12)14/h3-4,7-9,15H,5-6H2,1-2H3. The number of nitrogens with one attached hydrogen (secondary N) is 1.